The number of anilines is 2. The average Bonchev–Trinajstić information content (AvgIpc) is 2.74. The Labute approximate surface area is 162 Å². The first kappa shape index (κ1) is 18.7. The number of nitrogens with zero attached hydrogens (tertiary/aromatic N) is 1. The second-order valence-electron chi connectivity index (χ2n) is 5.97. The highest BCUT2D eigenvalue weighted by atomic mass is 16.5. The van der Waals surface area contributed by atoms with E-state index in [0.717, 1.165) is 0 Å². The van der Waals surface area contributed by atoms with Gasteiger partial charge < -0.3 is 15.8 Å². The molecule has 0 heterocycles. The predicted octanol–water partition coefficient (Wildman–Crippen LogP) is 3.63. The molecule has 0 saturated heterocycles. The molecule has 3 aromatic rings. The summed E-state index contributed by atoms with van der Waals surface area (Å²) in [5.41, 5.74) is 7.88. The van der Waals surface area contributed by atoms with E-state index < -0.39 is 5.91 Å². The highest BCUT2D eigenvalue weighted by Crippen LogP contribution is 2.27. The molecule has 0 fully saturated rings. The van der Waals surface area contributed by atoms with Gasteiger partial charge in [-0.25, -0.2) is 0 Å². The fourth-order valence-electron chi connectivity index (χ4n) is 2.71. The fourth-order valence-corrected chi connectivity index (χ4v) is 2.71. The lowest BCUT2D eigenvalue weighted by Gasteiger charge is -2.13. The molecule has 0 unspecified atom stereocenters. The van der Waals surface area contributed by atoms with E-state index in [-0.39, 0.29) is 22.7 Å². The average molecular weight is 371 g/mol. The third-order valence-corrected chi connectivity index (χ3v) is 4.19. The van der Waals surface area contributed by atoms with Gasteiger partial charge in [0.25, 0.3) is 5.91 Å². The standard InChI is InChI=1S/C22H17N3O3/c1-28-17-10-8-15(9-11-17)22(27)25-20-18(6-3-7-19(20)24)21(26)16-5-2-4-14(12-16)13-23/h2-12H,24H2,1H3,(H,25,27). The molecular weight excluding hydrogens is 354 g/mol. The van der Waals surface area contributed by atoms with Gasteiger partial charge in [0.05, 0.1) is 30.1 Å². The summed E-state index contributed by atoms with van der Waals surface area (Å²) in [6.45, 7) is 0. The number of hydrogen-bond acceptors (Lipinski definition) is 5. The first-order chi connectivity index (χ1) is 13.5. The number of amides is 1. The number of nitrogens with one attached hydrogen (secondary N) is 1. The minimum absolute atomic E-state index is 0.232. The number of para-hydroxylation sites is 1. The second kappa shape index (κ2) is 8.06. The maximum absolute atomic E-state index is 13.0. The number of benzene rings is 3. The molecule has 3 rings (SSSR count). The van der Waals surface area contributed by atoms with Gasteiger partial charge in [0, 0.05) is 16.7 Å². The van der Waals surface area contributed by atoms with Crippen LogP contribution in [0.25, 0.3) is 0 Å². The van der Waals surface area contributed by atoms with Crippen LogP contribution in [0.5, 0.6) is 5.75 Å². The highest BCUT2D eigenvalue weighted by Gasteiger charge is 2.18. The molecule has 138 valence electrons. The van der Waals surface area contributed by atoms with Crippen LogP contribution in [-0.4, -0.2) is 18.8 Å². The summed E-state index contributed by atoms with van der Waals surface area (Å²) < 4.78 is 5.09. The Hall–Kier alpha value is -4.11. The molecule has 0 spiro atoms. The summed E-state index contributed by atoms with van der Waals surface area (Å²) in [4.78, 5) is 25.6. The first-order valence-corrected chi connectivity index (χ1v) is 8.42. The zero-order valence-electron chi connectivity index (χ0n) is 15.1. The van der Waals surface area contributed by atoms with Gasteiger partial charge in [0.1, 0.15) is 5.75 Å². The number of nitriles is 1. The molecule has 0 bridgehead atoms. The van der Waals surface area contributed by atoms with E-state index in [2.05, 4.69) is 5.32 Å². The molecule has 0 aliphatic rings. The molecule has 0 aliphatic heterocycles. The number of ether oxygens (including phenoxy) is 1. The second-order valence-corrected chi connectivity index (χ2v) is 5.97. The van der Waals surface area contributed by atoms with Crippen molar-refractivity contribution in [2.75, 3.05) is 18.2 Å². The van der Waals surface area contributed by atoms with Crippen molar-refractivity contribution in [2.45, 2.75) is 0 Å². The van der Waals surface area contributed by atoms with Crippen LogP contribution in [-0.2, 0) is 0 Å². The number of carbonyl (C=O) groups is 2. The molecule has 0 atom stereocenters. The first-order valence-electron chi connectivity index (χ1n) is 8.42. The van der Waals surface area contributed by atoms with Gasteiger partial charge in [0.15, 0.2) is 5.78 Å². The third-order valence-electron chi connectivity index (χ3n) is 4.19. The van der Waals surface area contributed by atoms with Crippen LogP contribution in [0.2, 0.25) is 0 Å². The minimum atomic E-state index is -0.402. The molecule has 0 aliphatic carbocycles. The van der Waals surface area contributed by atoms with Crippen molar-refractivity contribution < 1.29 is 14.3 Å². The molecular formula is C22H17N3O3. The normalized spacial score (nSPS) is 10.0. The van der Waals surface area contributed by atoms with Gasteiger partial charge in [-0.2, -0.15) is 5.26 Å². The van der Waals surface area contributed by atoms with Gasteiger partial charge in [-0.05, 0) is 48.5 Å². The van der Waals surface area contributed by atoms with Crippen molar-refractivity contribution in [3.63, 3.8) is 0 Å². The van der Waals surface area contributed by atoms with Gasteiger partial charge in [-0.3, -0.25) is 9.59 Å². The predicted molar refractivity (Wildman–Crippen MR) is 106 cm³/mol. The molecule has 0 saturated carbocycles. The lowest BCUT2D eigenvalue weighted by atomic mass is 9.99. The zero-order chi connectivity index (χ0) is 20.1. The van der Waals surface area contributed by atoms with Crippen molar-refractivity contribution in [2.24, 2.45) is 0 Å². The summed E-state index contributed by atoms with van der Waals surface area (Å²) in [5.74, 6) is -0.112. The van der Waals surface area contributed by atoms with E-state index in [1.807, 2.05) is 6.07 Å². The van der Waals surface area contributed by atoms with Crippen molar-refractivity contribution >= 4 is 23.1 Å². The summed E-state index contributed by atoms with van der Waals surface area (Å²) in [5, 5.41) is 11.8. The van der Waals surface area contributed by atoms with Crippen molar-refractivity contribution in [3.8, 4) is 11.8 Å². The van der Waals surface area contributed by atoms with Crippen LogP contribution >= 0.6 is 0 Å². The van der Waals surface area contributed by atoms with Gasteiger partial charge in [-0.1, -0.05) is 18.2 Å². The molecule has 28 heavy (non-hydrogen) atoms. The van der Waals surface area contributed by atoms with Gasteiger partial charge in [-0.15, -0.1) is 0 Å². The van der Waals surface area contributed by atoms with Crippen LogP contribution < -0.4 is 15.8 Å². The number of methoxy groups -OCH3 is 1. The molecule has 6 heteroatoms. The Balaban J connectivity index is 1.94. The zero-order valence-corrected chi connectivity index (χ0v) is 15.1. The van der Waals surface area contributed by atoms with Gasteiger partial charge in [0.2, 0.25) is 0 Å². The number of carbonyl (C=O) groups excluding carboxylic acids is 2. The molecule has 0 radical (unpaired) electrons. The maximum Gasteiger partial charge on any atom is 0.255 e. The number of nitrogens with two attached hydrogens (primary N) is 1. The van der Waals surface area contributed by atoms with E-state index in [0.29, 0.717) is 22.4 Å². The summed E-state index contributed by atoms with van der Waals surface area (Å²) >= 11 is 0. The van der Waals surface area contributed by atoms with E-state index in [4.69, 9.17) is 15.7 Å². The number of rotatable bonds is 5. The van der Waals surface area contributed by atoms with Crippen molar-refractivity contribution in [1.29, 1.82) is 5.26 Å². The van der Waals surface area contributed by atoms with Crippen molar-refractivity contribution in [1.82, 2.24) is 0 Å². The van der Waals surface area contributed by atoms with E-state index in [1.54, 1.807) is 67.8 Å². The summed E-state index contributed by atoms with van der Waals surface area (Å²) in [6, 6.07) is 19.8. The van der Waals surface area contributed by atoms with Crippen LogP contribution in [0.15, 0.2) is 66.7 Å². The Morgan fingerprint density at radius 2 is 1.71 bits per heavy atom. The highest BCUT2D eigenvalue weighted by molar-refractivity contribution is 6.17. The Morgan fingerprint density at radius 1 is 1.00 bits per heavy atom. The van der Waals surface area contributed by atoms with Crippen LogP contribution in [0, 0.1) is 11.3 Å². The Kier molecular flexibility index (Phi) is 5.38. The van der Waals surface area contributed by atoms with Crippen LogP contribution in [0.4, 0.5) is 11.4 Å². The molecule has 3 N–H and O–H groups in total. The fraction of sp³-hybridized carbons (Fsp3) is 0.0455. The number of hydrogen-bond donors (Lipinski definition) is 2. The Morgan fingerprint density at radius 3 is 2.39 bits per heavy atom. The summed E-state index contributed by atoms with van der Waals surface area (Å²) in [6.07, 6.45) is 0. The topological polar surface area (TPSA) is 105 Å². The molecule has 0 aromatic heterocycles. The molecule has 3 aromatic carbocycles. The van der Waals surface area contributed by atoms with E-state index >= 15 is 0 Å². The SMILES string of the molecule is COc1ccc(C(=O)Nc2c(N)cccc2C(=O)c2cccc(C#N)c2)cc1. The van der Waals surface area contributed by atoms with Crippen LogP contribution in [0.1, 0.15) is 31.8 Å². The molecule has 1 amide bonds. The Bertz CT molecular complexity index is 1080. The van der Waals surface area contributed by atoms with Gasteiger partial charge >= 0.3 is 0 Å². The third kappa shape index (κ3) is 3.84. The lowest BCUT2D eigenvalue weighted by Crippen LogP contribution is -2.16. The maximum atomic E-state index is 13.0. The van der Waals surface area contributed by atoms with Crippen LogP contribution in [0.3, 0.4) is 0 Å². The lowest BCUT2D eigenvalue weighted by molar-refractivity contribution is 0.102. The van der Waals surface area contributed by atoms with Crippen molar-refractivity contribution in [3.05, 3.63) is 89.0 Å². The monoisotopic (exact) mass is 371 g/mol. The number of nitrogen functional groups attached to an aromatic ring is 1. The quantitative estimate of drug-likeness (QED) is 0.526. The number of ketones is 1. The largest absolute Gasteiger partial charge is 0.497 e. The minimum Gasteiger partial charge on any atom is -0.497 e. The van der Waals surface area contributed by atoms with E-state index in [1.165, 1.54) is 6.07 Å². The van der Waals surface area contributed by atoms with E-state index in [9.17, 15) is 9.59 Å². The molecule has 6 nitrogen and oxygen atoms in total. The summed E-state index contributed by atoms with van der Waals surface area (Å²) in [7, 11) is 1.54. The smallest absolute Gasteiger partial charge is 0.255 e.